The quantitative estimate of drug-likeness (QED) is 0.309. The van der Waals surface area contributed by atoms with E-state index in [0.29, 0.717) is 32.4 Å². The first-order chi connectivity index (χ1) is 11.3. The number of nitrogens with zero attached hydrogens (tertiary/aromatic N) is 1. The highest BCUT2D eigenvalue weighted by Crippen LogP contribution is 2.19. The van der Waals surface area contributed by atoms with E-state index in [2.05, 4.69) is 16.8 Å². The van der Waals surface area contributed by atoms with Gasteiger partial charge in [0.2, 0.25) is 5.91 Å². The first-order valence-electron chi connectivity index (χ1n) is 8.41. The summed E-state index contributed by atoms with van der Waals surface area (Å²) in [5, 5.41) is 23.2. The zero-order chi connectivity index (χ0) is 18.3. The lowest BCUT2D eigenvalue weighted by molar-refractivity contribution is -0.421. The molecular formula is C15H29N4O5+. The molecule has 0 aromatic rings. The summed E-state index contributed by atoms with van der Waals surface area (Å²) in [6.07, 6.45) is 1.86. The number of carboxylic acids is 1. The number of unbranched alkanes of at least 4 members (excludes halogenated alkanes) is 1. The Morgan fingerprint density at radius 1 is 1.38 bits per heavy atom. The van der Waals surface area contributed by atoms with Crippen LogP contribution in [0.4, 0.5) is 0 Å². The van der Waals surface area contributed by atoms with Gasteiger partial charge in [-0.25, -0.2) is 0 Å². The van der Waals surface area contributed by atoms with Gasteiger partial charge in [0.25, 0.3) is 5.91 Å². The van der Waals surface area contributed by atoms with Gasteiger partial charge in [0.15, 0.2) is 6.04 Å². The van der Waals surface area contributed by atoms with Gasteiger partial charge < -0.3 is 36.7 Å². The molecule has 0 bridgehead atoms. The van der Waals surface area contributed by atoms with E-state index in [1.807, 2.05) is 0 Å². The number of nitrogens with one attached hydrogen (secondary N) is 1. The Bertz CT molecular complexity index is 457. The van der Waals surface area contributed by atoms with Crippen LogP contribution < -0.4 is 21.9 Å². The van der Waals surface area contributed by atoms with Gasteiger partial charge in [-0.15, -0.1) is 0 Å². The Labute approximate surface area is 141 Å². The lowest BCUT2D eigenvalue weighted by Gasteiger charge is -2.28. The number of aliphatic carboxylic acids is 1. The van der Waals surface area contributed by atoms with Gasteiger partial charge in [0.05, 0.1) is 18.6 Å². The molecular weight excluding hydrogens is 316 g/mol. The maximum Gasteiger partial charge on any atom is 0.284 e. The lowest BCUT2D eigenvalue weighted by atomic mass is 10.1. The molecule has 0 radical (unpaired) electrons. The van der Waals surface area contributed by atoms with Crippen molar-refractivity contribution in [3.63, 3.8) is 0 Å². The summed E-state index contributed by atoms with van der Waals surface area (Å²) in [5.41, 5.74) is 7.32. The molecule has 0 spiro atoms. The van der Waals surface area contributed by atoms with Gasteiger partial charge in [0, 0.05) is 6.54 Å². The van der Waals surface area contributed by atoms with Gasteiger partial charge in [-0.2, -0.15) is 0 Å². The van der Waals surface area contributed by atoms with Crippen LogP contribution in [-0.2, 0) is 14.4 Å². The second-order valence-corrected chi connectivity index (χ2v) is 6.27. The lowest BCUT2D eigenvalue weighted by Crippen LogP contribution is -2.73. The van der Waals surface area contributed by atoms with Crippen LogP contribution in [0.3, 0.4) is 0 Å². The van der Waals surface area contributed by atoms with Gasteiger partial charge in [-0.3, -0.25) is 9.59 Å². The molecule has 24 heavy (non-hydrogen) atoms. The fraction of sp³-hybridized carbons (Fsp3) is 0.800. The highest BCUT2D eigenvalue weighted by Gasteiger charge is 2.39. The van der Waals surface area contributed by atoms with Crippen molar-refractivity contribution in [1.29, 1.82) is 0 Å². The van der Waals surface area contributed by atoms with Crippen molar-refractivity contribution in [3.8, 4) is 0 Å². The van der Waals surface area contributed by atoms with Crippen LogP contribution in [-0.4, -0.2) is 65.1 Å². The van der Waals surface area contributed by atoms with Crippen LogP contribution in [0.5, 0.6) is 0 Å². The van der Waals surface area contributed by atoms with E-state index in [9.17, 15) is 24.6 Å². The topological polar surface area (TPSA) is 165 Å². The van der Waals surface area contributed by atoms with E-state index >= 15 is 0 Å². The van der Waals surface area contributed by atoms with E-state index in [0.717, 1.165) is 6.42 Å². The molecule has 1 saturated heterocycles. The number of amides is 2. The molecule has 0 aromatic heterocycles. The summed E-state index contributed by atoms with van der Waals surface area (Å²) in [6.45, 7) is 2.56. The van der Waals surface area contributed by atoms with Crippen LogP contribution in [0.2, 0.25) is 0 Å². The van der Waals surface area contributed by atoms with Crippen molar-refractivity contribution >= 4 is 17.8 Å². The molecule has 1 rings (SSSR count). The van der Waals surface area contributed by atoms with Gasteiger partial charge in [0.1, 0.15) is 12.1 Å². The van der Waals surface area contributed by atoms with Crippen LogP contribution in [0.25, 0.3) is 0 Å². The van der Waals surface area contributed by atoms with Crippen LogP contribution in [0.1, 0.15) is 39.0 Å². The normalized spacial score (nSPS) is 21.2. The SMILES string of the molecule is C[C@@H](O)[C@H]([NH3+])C(=O)N1CCC[C@H]1C(=O)N[C@@H](CCCC[NH3+])C(=O)[O-]. The molecule has 4 atom stereocenters. The van der Waals surface area contributed by atoms with Crippen LogP contribution in [0.15, 0.2) is 0 Å². The number of quaternary nitrogens is 2. The van der Waals surface area contributed by atoms with Crippen LogP contribution >= 0.6 is 0 Å². The molecule has 2 amide bonds. The van der Waals surface area contributed by atoms with Gasteiger partial charge >= 0.3 is 0 Å². The molecule has 0 unspecified atom stereocenters. The Morgan fingerprint density at radius 3 is 2.58 bits per heavy atom. The molecule has 138 valence electrons. The monoisotopic (exact) mass is 345 g/mol. The number of aliphatic hydroxyl groups is 1. The Morgan fingerprint density at radius 2 is 2.04 bits per heavy atom. The maximum absolute atomic E-state index is 12.4. The van der Waals surface area contributed by atoms with E-state index in [1.54, 1.807) is 0 Å². The number of likely N-dealkylation sites (tertiary alicyclic amines) is 1. The third-order valence-corrected chi connectivity index (χ3v) is 4.33. The van der Waals surface area contributed by atoms with Crippen LogP contribution in [0, 0.1) is 0 Å². The highest BCUT2D eigenvalue weighted by molar-refractivity contribution is 5.91. The maximum atomic E-state index is 12.4. The van der Waals surface area contributed by atoms with Crippen molar-refractivity contribution in [2.45, 2.75) is 63.3 Å². The third kappa shape index (κ3) is 5.43. The molecule has 1 aliphatic heterocycles. The summed E-state index contributed by atoms with van der Waals surface area (Å²) in [7, 11) is 0. The Kier molecular flexibility index (Phi) is 8.09. The molecule has 0 aromatic carbocycles. The molecule has 1 fully saturated rings. The molecule has 9 nitrogen and oxygen atoms in total. The number of carboxylic acid groups (broad SMARTS) is 1. The second kappa shape index (κ2) is 9.55. The minimum atomic E-state index is -1.33. The summed E-state index contributed by atoms with van der Waals surface area (Å²) in [6, 6.07) is -2.66. The Balaban J connectivity index is 2.70. The smallest absolute Gasteiger partial charge is 0.284 e. The fourth-order valence-electron chi connectivity index (χ4n) is 2.76. The van der Waals surface area contributed by atoms with Gasteiger partial charge in [-0.1, -0.05) is 0 Å². The number of rotatable bonds is 9. The average molecular weight is 345 g/mol. The molecule has 0 aliphatic carbocycles. The zero-order valence-corrected chi connectivity index (χ0v) is 14.2. The predicted octanol–water partition coefficient (Wildman–Crippen LogP) is -4.38. The van der Waals surface area contributed by atoms with Gasteiger partial charge in [-0.05, 0) is 39.0 Å². The summed E-state index contributed by atoms with van der Waals surface area (Å²) >= 11 is 0. The average Bonchev–Trinajstić information content (AvgIpc) is 3.01. The van der Waals surface area contributed by atoms with Crippen molar-refractivity contribution in [2.24, 2.45) is 0 Å². The first-order valence-corrected chi connectivity index (χ1v) is 8.41. The van der Waals surface area contributed by atoms with E-state index in [-0.39, 0.29) is 6.42 Å². The Hall–Kier alpha value is -1.71. The minimum Gasteiger partial charge on any atom is -0.548 e. The highest BCUT2D eigenvalue weighted by atomic mass is 16.4. The second-order valence-electron chi connectivity index (χ2n) is 6.27. The third-order valence-electron chi connectivity index (χ3n) is 4.33. The fourth-order valence-corrected chi connectivity index (χ4v) is 2.76. The molecule has 9 heteroatoms. The number of hydrogen-bond acceptors (Lipinski definition) is 5. The number of carbonyl (C=O) groups is 3. The summed E-state index contributed by atoms with van der Waals surface area (Å²) in [4.78, 5) is 37.3. The van der Waals surface area contributed by atoms with E-state index in [1.165, 1.54) is 11.8 Å². The number of carbonyl (C=O) groups excluding carboxylic acids is 3. The van der Waals surface area contributed by atoms with Crippen molar-refractivity contribution < 1.29 is 36.1 Å². The zero-order valence-electron chi connectivity index (χ0n) is 14.2. The standard InChI is InChI=1S/C15H28N4O5/c1-9(20)12(17)14(22)19-8-4-6-11(19)13(21)18-10(15(23)24)5-2-3-7-16/h9-12,20H,2-8,16-17H2,1H3,(H,18,21)(H,23,24)/p+1/t9-,10+,11+,12+/m1/s1. The van der Waals surface area contributed by atoms with E-state index in [4.69, 9.17) is 0 Å². The van der Waals surface area contributed by atoms with E-state index < -0.39 is 42.0 Å². The molecule has 8 N–H and O–H groups in total. The summed E-state index contributed by atoms with van der Waals surface area (Å²) < 4.78 is 0. The molecule has 0 saturated carbocycles. The molecule has 1 aliphatic rings. The summed E-state index contributed by atoms with van der Waals surface area (Å²) in [5.74, 6) is -2.23. The molecule has 1 heterocycles. The first kappa shape index (κ1) is 20.3. The largest absolute Gasteiger partial charge is 0.548 e. The van der Waals surface area contributed by atoms with Crippen molar-refractivity contribution in [1.82, 2.24) is 10.2 Å². The predicted molar refractivity (Wildman–Crippen MR) is 81.6 cm³/mol. The van der Waals surface area contributed by atoms with Crippen molar-refractivity contribution in [2.75, 3.05) is 13.1 Å². The number of hydrogen-bond donors (Lipinski definition) is 4. The minimum absolute atomic E-state index is 0.274. The number of aliphatic hydroxyl groups excluding tert-OH is 1. The van der Waals surface area contributed by atoms with Crippen molar-refractivity contribution in [3.05, 3.63) is 0 Å².